The van der Waals surface area contributed by atoms with Crippen LogP contribution in [0, 0.1) is 20.3 Å². The van der Waals surface area contributed by atoms with Gasteiger partial charge in [0.25, 0.3) is 0 Å². The largest absolute Gasteiger partial charge is 1.00 e. The summed E-state index contributed by atoms with van der Waals surface area (Å²) < 4.78 is 0. The third-order valence-corrected chi connectivity index (χ3v) is 1.80. The Balaban J connectivity index is -0.0000000212. The van der Waals surface area contributed by atoms with E-state index < -0.39 is 0 Å². The summed E-state index contributed by atoms with van der Waals surface area (Å²) in [6.07, 6.45) is 1.97. The number of hydrogen-bond acceptors (Lipinski definition) is 6. The number of amides is 1. The molecule has 0 aliphatic heterocycles. The van der Waals surface area contributed by atoms with E-state index in [4.69, 9.17) is 26.7 Å². The first kappa shape index (κ1) is 56.4. The van der Waals surface area contributed by atoms with Gasteiger partial charge in [-0.3, -0.25) is 4.79 Å². The molecule has 0 bridgehead atoms. The van der Waals surface area contributed by atoms with Gasteiger partial charge in [0.2, 0.25) is 5.91 Å². The van der Waals surface area contributed by atoms with Gasteiger partial charge < -0.3 is 38.6 Å². The number of carbonyl (C=O) groups is 2. The maximum Gasteiger partial charge on any atom is 1.00 e. The molecule has 1 amide bonds. The van der Waals surface area contributed by atoms with Crippen molar-refractivity contribution < 1.29 is 114 Å². The molecule has 0 aliphatic rings. The fourth-order valence-electron chi connectivity index (χ4n) is 0.370. The monoisotopic (exact) mass is 471 g/mol. The van der Waals surface area contributed by atoms with Gasteiger partial charge in [0.05, 0.1) is 17.7 Å². The van der Waals surface area contributed by atoms with Crippen molar-refractivity contribution in [2.75, 3.05) is 30.8 Å². The van der Waals surface area contributed by atoms with E-state index >= 15 is 0 Å². The van der Waals surface area contributed by atoms with Crippen LogP contribution in [0.3, 0.4) is 0 Å². The molecule has 136 valence electrons. The van der Waals surface area contributed by atoms with E-state index in [9.17, 15) is 4.79 Å². The summed E-state index contributed by atoms with van der Waals surface area (Å²) in [7, 11) is 2.25. The zero-order valence-electron chi connectivity index (χ0n) is 14.1. The molecule has 0 saturated heterocycles. The molecule has 0 aromatic heterocycles. The van der Waals surface area contributed by atoms with Crippen LogP contribution in [-0.4, -0.2) is 58.4 Å². The number of halogens is 1. The number of aliphatic hydroxyl groups is 3. The first-order chi connectivity index (χ1) is 9.64. The molecule has 0 saturated carbocycles. The number of rotatable bonds is 7. The van der Waals surface area contributed by atoms with E-state index in [1.807, 2.05) is 0 Å². The van der Waals surface area contributed by atoms with Crippen molar-refractivity contribution in [1.82, 2.24) is 5.32 Å². The van der Waals surface area contributed by atoms with E-state index in [2.05, 4.69) is 34.9 Å². The first-order valence-electron chi connectivity index (χ1n) is 5.12. The van der Waals surface area contributed by atoms with Gasteiger partial charge >= 0.3 is 88.7 Å². The van der Waals surface area contributed by atoms with Crippen LogP contribution in [-0.2, 0) is 9.59 Å². The minimum Gasteiger partial charge on any atom is -0.569 e. The van der Waals surface area contributed by atoms with Crippen LogP contribution >= 0.6 is 27.7 Å². The molecule has 4 N–H and O–H groups in total. The Bertz CT molecular complexity index is 225. The van der Waals surface area contributed by atoms with Gasteiger partial charge in [-0.15, -0.1) is 0 Å². The Morgan fingerprint density at radius 3 is 1.72 bits per heavy atom. The fraction of sp³-hybridized carbons (Fsp3) is 0.500. The normalized spacial score (nSPS) is 5.80. The third kappa shape index (κ3) is 103. The molecule has 0 atom stereocenters. The SMILES string of the molecule is C.C.O=CCBr.[CH-]=CCO.[CH-]=CSCC(=O)NCCO.[CH2-]O.[Na+].[Na+].[Na+]. The van der Waals surface area contributed by atoms with E-state index in [-0.39, 0.29) is 123 Å². The van der Waals surface area contributed by atoms with Crippen molar-refractivity contribution >= 4 is 39.9 Å². The Morgan fingerprint density at radius 1 is 1.16 bits per heavy atom. The molecular weight excluding hydrogens is 443 g/mol. The second-order valence-corrected chi connectivity index (χ2v) is 3.80. The Labute approximate surface area is 233 Å². The molecule has 25 heavy (non-hydrogen) atoms. The Hall–Kier alpha value is 2.33. The van der Waals surface area contributed by atoms with Gasteiger partial charge in [-0.2, -0.15) is 11.8 Å². The molecule has 0 aromatic rings. The molecule has 0 aliphatic carbocycles. The zero-order chi connectivity index (χ0) is 16.6. The van der Waals surface area contributed by atoms with E-state index in [0.717, 1.165) is 6.29 Å². The third-order valence-electron chi connectivity index (χ3n) is 0.913. The summed E-state index contributed by atoms with van der Waals surface area (Å²) in [4.78, 5) is 19.8. The maximum absolute atomic E-state index is 10.6. The van der Waals surface area contributed by atoms with Crippen LogP contribution in [0.15, 0.2) is 11.5 Å². The van der Waals surface area contributed by atoms with Gasteiger partial charge in [-0.1, -0.05) is 30.8 Å². The van der Waals surface area contributed by atoms with Gasteiger partial charge in [0.1, 0.15) is 6.29 Å². The number of thioether (sulfide) groups is 1. The van der Waals surface area contributed by atoms with E-state index in [1.54, 1.807) is 0 Å². The molecule has 6 nitrogen and oxygen atoms in total. The molecular formula is C14H29BrNNa3O5S. The van der Waals surface area contributed by atoms with Crippen LogP contribution in [0.4, 0.5) is 0 Å². The number of alkyl halides is 1. The van der Waals surface area contributed by atoms with Crippen molar-refractivity contribution in [3.8, 4) is 0 Å². The predicted octanol–water partition coefficient (Wildman–Crippen LogP) is -7.24. The van der Waals surface area contributed by atoms with Crippen LogP contribution < -0.4 is 94.0 Å². The number of aldehydes is 1. The maximum atomic E-state index is 10.6. The van der Waals surface area contributed by atoms with Gasteiger partial charge in [0.15, 0.2) is 0 Å². The van der Waals surface area contributed by atoms with Gasteiger partial charge in [0, 0.05) is 13.2 Å². The van der Waals surface area contributed by atoms with Crippen LogP contribution in [0.5, 0.6) is 0 Å². The van der Waals surface area contributed by atoms with Crippen molar-refractivity contribution in [1.29, 1.82) is 0 Å². The molecule has 0 spiro atoms. The minimum atomic E-state index is -0.110. The summed E-state index contributed by atoms with van der Waals surface area (Å²) in [5.41, 5.74) is 0. The molecule has 0 unspecified atom stereocenters. The number of carbonyl (C=O) groups excluding carboxylic acids is 2. The van der Waals surface area contributed by atoms with E-state index in [1.165, 1.54) is 23.2 Å². The second-order valence-electron chi connectivity index (χ2n) is 2.26. The van der Waals surface area contributed by atoms with Crippen LogP contribution in [0.1, 0.15) is 14.9 Å². The number of aliphatic hydroxyl groups excluding tert-OH is 3. The van der Waals surface area contributed by atoms with Gasteiger partial charge in [-0.25, -0.2) is 18.6 Å². The Morgan fingerprint density at radius 2 is 1.52 bits per heavy atom. The quantitative estimate of drug-likeness (QED) is 0.127. The molecule has 0 heterocycles. The van der Waals surface area contributed by atoms with Crippen molar-refractivity contribution in [2.24, 2.45) is 0 Å². The number of nitrogens with one attached hydrogen (secondary N) is 1. The number of hydrogen-bond donors (Lipinski definition) is 4. The molecule has 11 heteroatoms. The molecule has 0 aromatic carbocycles. The summed E-state index contributed by atoms with van der Waals surface area (Å²) in [6.45, 7) is 9.92. The predicted molar refractivity (Wildman–Crippen MR) is 98.0 cm³/mol. The first-order valence-corrected chi connectivity index (χ1v) is 7.29. The Kier molecular flexibility index (Phi) is 162. The standard InChI is InChI=1S/C6H10NO2S.C3H5O.C2H3BrO.CH3O.2CH4.3Na/c1-2-10-5-6(9)7-3-4-8;1-2-3-4;3-1-2-4;1-2;;;;;/h1-2,8H,3-5H2,(H,7,9);1-2,4H,3H2;2H,1H2;2H,1H2;2*1H4;;;/q2*-1;;-1;;;3*+1. The average Bonchev–Trinajstić information content (AvgIpc) is 2.53. The second kappa shape index (κ2) is 71.9. The summed E-state index contributed by atoms with van der Waals surface area (Å²) in [5, 5.41) is 27.0. The fourth-order valence-corrected chi connectivity index (χ4v) is 0.720. The smallest absolute Gasteiger partial charge is 0.569 e. The van der Waals surface area contributed by atoms with E-state index in [0.29, 0.717) is 17.6 Å². The van der Waals surface area contributed by atoms with Crippen molar-refractivity contribution in [2.45, 2.75) is 14.9 Å². The van der Waals surface area contributed by atoms with Crippen LogP contribution in [0.25, 0.3) is 0 Å². The minimum absolute atomic E-state index is 0. The van der Waals surface area contributed by atoms with Crippen molar-refractivity contribution in [3.63, 3.8) is 0 Å². The zero-order valence-corrected chi connectivity index (χ0v) is 22.5. The average molecular weight is 472 g/mol. The topological polar surface area (TPSA) is 107 Å². The van der Waals surface area contributed by atoms with Crippen LogP contribution in [0.2, 0.25) is 0 Å². The summed E-state index contributed by atoms with van der Waals surface area (Å²) >= 11 is 4.11. The molecule has 0 fully saturated rings. The molecule has 0 rings (SSSR count). The van der Waals surface area contributed by atoms with Crippen molar-refractivity contribution in [3.05, 3.63) is 31.8 Å². The molecule has 0 radical (unpaired) electrons. The summed E-state index contributed by atoms with van der Waals surface area (Å²) in [5.74, 6) is 0.206. The summed E-state index contributed by atoms with van der Waals surface area (Å²) in [6, 6.07) is 0. The van der Waals surface area contributed by atoms with Gasteiger partial charge in [-0.05, 0) is 0 Å².